The fourth-order valence-electron chi connectivity index (χ4n) is 3.47. The van der Waals surface area contributed by atoms with Gasteiger partial charge in [-0.2, -0.15) is 0 Å². The summed E-state index contributed by atoms with van der Waals surface area (Å²) in [6, 6.07) is 15.5. The maximum Gasteiger partial charge on any atom is 0.269 e. The number of hydrogen-bond acceptors (Lipinski definition) is 7. The summed E-state index contributed by atoms with van der Waals surface area (Å²) in [5.41, 5.74) is 1.22. The number of hydrogen-bond donors (Lipinski definition) is 0. The van der Waals surface area contributed by atoms with Gasteiger partial charge >= 0.3 is 0 Å². The van der Waals surface area contributed by atoms with Crippen LogP contribution in [0.4, 0.5) is 5.69 Å². The number of non-ortho nitro benzene ring substituents is 1. The third kappa shape index (κ3) is 3.31. The Morgan fingerprint density at radius 3 is 2.35 bits per heavy atom. The molecule has 154 valence electrons. The van der Waals surface area contributed by atoms with Crippen molar-refractivity contribution in [3.63, 3.8) is 0 Å². The number of fused-ring (bicyclic) bond motifs is 2. The van der Waals surface area contributed by atoms with Crippen molar-refractivity contribution in [2.75, 3.05) is 6.79 Å². The van der Waals surface area contributed by atoms with Gasteiger partial charge in [-0.15, -0.1) is 0 Å². The summed E-state index contributed by atoms with van der Waals surface area (Å²) in [6.45, 7) is 0.241. The van der Waals surface area contributed by atoms with Crippen molar-refractivity contribution < 1.29 is 28.7 Å². The predicted molar refractivity (Wildman–Crippen MR) is 106 cm³/mol. The summed E-state index contributed by atoms with van der Waals surface area (Å²) in [4.78, 5) is 37.1. The van der Waals surface area contributed by atoms with Crippen LogP contribution in [0.3, 0.4) is 0 Å². The minimum absolute atomic E-state index is 0.0544. The van der Waals surface area contributed by atoms with Gasteiger partial charge in [0, 0.05) is 12.1 Å². The number of rotatable bonds is 5. The number of benzene rings is 3. The second kappa shape index (κ2) is 7.13. The van der Waals surface area contributed by atoms with Gasteiger partial charge in [0.05, 0.1) is 22.6 Å². The van der Waals surface area contributed by atoms with Crippen LogP contribution in [0.15, 0.2) is 60.7 Å². The van der Waals surface area contributed by atoms with Crippen LogP contribution in [0.25, 0.3) is 0 Å². The van der Waals surface area contributed by atoms with E-state index in [9.17, 15) is 19.7 Å². The molecule has 0 saturated heterocycles. The van der Waals surface area contributed by atoms with Gasteiger partial charge < -0.3 is 14.2 Å². The van der Waals surface area contributed by atoms with Crippen LogP contribution < -0.4 is 14.2 Å². The number of carbonyl (C=O) groups is 2. The van der Waals surface area contributed by atoms with Gasteiger partial charge in [0.25, 0.3) is 17.5 Å². The second-order valence-corrected chi connectivity index (χ2v) is 6.94. The molecule has 2 heterocycles. The smallest absolute Gasteiger partial charge is 0.269 e. The van der Waals surface area contributed by atoms with E-state index in [4.69, 9.17) is 14.2 Å². The van der Waals surface area contributed by atoms with Gasteiger partial charge in [-0.3, -0.25) is 24.6 Å². The maximum absolute atomic E-state index is 12.9. The fourth-order valence-corrected chi connectivity index (χ4v) is 3.47. The van der Waals surface area contributed by atoms with Crippen LogP contribution in [-0.4, -0.2) is 28.4 Å². The molecular weight excluding hydrogens is 404 g/mol. The van der Waals surface area contributed by atoms with Crippen molar-refractivity contribution in [1.29, 1.82) is 0 Å². The molecular formula is C22H14N2O7. The first-order valence-electron chi connectivity index (χ1n) is 9.31. The van der Waals surface area contributed by atoms with Gasteiger partial charge in [0.1, 0.15) is 11.5 Å². The Balaban J connectivity index is 1.35. The van der Waals surface area contributed by atoms with Crippen LogP contribution >= 0.6 is 0 Å². The van der Waals surface area contributed by atoms with Crippen molar-refractivity contribution >= 4 is 17.5 Å². The molecule has 0 saturated carbocycles. The van der Waals surface area contributed by atoms with E-state index in [0.29, 0.717) is 28.6 Å². The molecule has 0 atom stereocenters. The molecule has 0 aromatic heterocycles. The summed E-state index contributed by atoms with van der Waals surface area (Å²) in [5.74, 6) is 1.11. The van der Waals surface area contributed by atoms with Gasteiger partial charge in [0.2, 0.25) is 6.79 Å². The Hall–Kier alpha value is -4.40. The lowest BCUT2D eigenvalue weighted by molar-refractivity contribution is -0.384. The summed E-state index contributed by atoms with van der Waals surface area (Å²) >= 11 is 0. The Morgan fingerprint density at radius 2 is 1.58 bits per heavy atom. The molecule has 0 bridgehead atoms. The highest BCUT2D eigenvalue weighted by Gasteiger charge is 2.36. The predicted octanol–water partition coefficient (Wildman–Crippen LogP) is 3.91. The average molecular weight is 418 g/mol. The topological polar surface area (TPSA) is 108 Å². The molecule has 0 radical (unpaired) electrons. The highest BCUT2D eigenvalue weighted by Crippen LogP contribution is 2.34. The summed E-state index contributed by atoms with van der Waals surface area (Å²) < 4.78 is 16.3. The molecule has 9 heteroatoms. The number of imide groups is 1. The minimum atomic E-state index is -0.502. The number of ether oxygens (including phenoxy) is 3. The number of nitro benzene ring substituents is 1. The minimum Gasteiger partial charge on any atom is -0.457 e. The molecule has 0 fully saturated rings. The molecule has 5 rings (SSSR count). The van der Waals surface area contributed by atoms with Crippen molar-refractivity contribution in [2.24, 2.45) is 0 Å². The number of carbonyl (C=O) groups excluding carboxylic acids is 2. The summed E-state index contributed by atoms with van der Waals surface area (Å²) in [6.07, 6.45) is 0. The van der Waals surface area contributed by atoms with E-state index in [1.54, 1.807) is 24.3 Å². The van der Waals surface area contributed by atoms with Crippen molar-refractivity contribution in [3.05, 3.63) is 87.5 Å². The first-order valence-corrected chi connectivity index (χ1v) is 9.31. The Bertz CT molecular complexity index is 1240. The van der Waals surface area contributed by atoms with E-state index in [1.807, 2.05) is 0 Å². The lowest BCUT2D eigenvalue weighted by Crippen LogP contribution is -2.29. The Morgan fingerprint density at radius 1 is 0.871 bits per heavy atom. The zero-order chi connectivity index (χ0) is 21.5. The van der Waals surface area contributed by atoms with E-state index >= 15 is 0 Å². The molecule has 9 nitrogen and oxygen atoms in total. The van der Waals surface area contributed by atoms with Crippen LogP contribution in [0.5, 0.6) is 23.0 Å². The quantitative estimate of drug-likeness (QED) is 0.351. The largest absolute Gasteiger partial charge is 0.457 e. The average Bonchev–Trinajstić information content (AvgIpc) is 3.32. The van der Waals surface area contributed by atoms with Crippen LogP contribution in [0.1, 0.15) is 26.3 Å². The lowest BCUT2D eigenvalue weighted by Gasteiger charge is -2.14. The third-order valence-electron chi connectivity index (χ3n) is 5.00. The molecule has 0 N–H and O–H groups in total. The summed E-state index contributed by atoms with van der Waals surface area (Å²) in [7, 11) is 0. The van der Waals surface area contributed by atoms with Crippen molar-refractivity contribution in [1.82, 2.24) is 4.90 Å². The standard InChI is InChI=1S/C22H14N2O7/c25-21-17-7-6-16(31-15-4-2-14(3-5-15)24(27)28)10-18(17)22(26)23(21)11-13-1-8-19-20(9-13)30-12-29-19/h1-10H,11-12H2. The molecule has 31 heavy (non-hydrogen) atoms. The normalized spacial score (nSPS) is 14.0. The lowest BCUT2D eigenvalue weighted by atomic mass is 10.1. The van der Waals surface area contributed by atoms with Gasteiger partial charge in [-0.05, 0) is 48.0 Å². The highest BCUT2D eigenvalue weighted by molar-refractivity contribution is 6.21. The molecule has 2 aliphatic heterocycles. The van der Waals surface area contributed by atoms with E-state index in [1.165, 1.54) is 36.4 Å². The highest BCUT2D eigenvalue weighted by atomic mass is 16.7. The van der Waals surface area contributed by atoms with Crippen LogP contribution in [0.2, 0.25) is 0 Å². The van der Waals surface area contributed by atoms with Crippen LogP contribution in [0, 0.1) is 10.1 Å². The number of nitrogens with zero attached hydrogens (tertiary/aromatic N) is 2. The molecule has 3 aromatic rings. The van der Waals surface area contributed by atoms with Crippen molar-refractivity contribution in [3.8, 4) is 23.0 Å². The van der Waals surface area contributed by atoms with E-state index in [0.717, 1.165) is 10.5 Å². The molecule has 3 aromatic carbocycles. The fraction of sp³-hybridized carbons (Fsp3) is 0.0909. The van der Waals surface area contributed by atoms with E-state index < -0.39 is 10.8 Å². The van der Waals surface area contributed by atoms with Gasteiger partial charge in [0.15, 0.2) is 11.5 Å². The zero-order valence-electron chi connectivity index (χ0n) is 15.9. The third-order valence-corrected chi connectivity index (χ3v) is 5.00. The first kappa shape index (κ1) is 18.6. The first-order chi connectivity index (χ1) is 15.0. The Labute approximate surface area is 175 Å². The number of nitro groups is 1. The monoisotopic (exact) mass is 418 g/mol. The van der Waals surface area contributed by atoms with Gasteiger partial charge in [-0.25, -0.2) is 0 Å². The molecule has 2 aliphatic rings. The maximum atomic E-state index is 12.9. The zero-order valence-corrected chi connectivity index (χ0v) is 15.9. The SMILES string of the molecule is O=C1c2ccc(Oc3ccc([N+](=O)[O-])cc3)cc2C(=O)N1Cc1ccc2c(c1)OCO2. The summed E-state index contributed by atoms with van der Waals surface area (Å²) in [5, 5.41) is 10.8. The molecule has 0 aliphatic carbocycles. The van der Waals surface area contributed by atoms with Crippen LogP contribution in [-0.2, 0) is 6.54 Å². The van der Waals surface area contributed by atoms with Crippen molar-refractivity contribution in [2.45, 2.75) is 6.54 Å². The number of amides is 2. The van der Waals surface area contributed by atoms with E-state index in [-0.39, 0.29) is 30.5 Å². The molecule has 0 spiro atoms. The molecule has 0 unspecified atom stereocenters. The van der Waals surface area contributed by atoms with Gasteiger partial charge in [-0.1, -0.05) is 6.07 Å². The second-order valence-electron chi connectivity index (χ2n) is 6.94. The Kier molecular flexibility index (Phi) is 4.28. The van der Waals surface area contributed by atoms with E-state index in [2.05, 4.69) is 0 Å². The molecule has 2 amide bonds.